The molecule has 3 heteroatoms. The maximum atomic E-state index is 13.7. The molecule has 1 atom stereocenters. The van der Waals surface area contributed by atoms with Crippen molar-refractivity contribution in [2.75, 3.05) is 6.54 Å². The van der Waals surface area contributed by atoms with Crippen LogP contribution in [0.15, 0.2) is 18.2 Å². The summed E-state index contributed by atoms with van der Waals surface area (Å²) in [6.07, 6.45) is 2.97. The van der Waals surface area contributed by atoms with Crippen LogP contribution in [0.3, 0.4) is 0 Å². The molecule has 0 fully saturated rings. The highest BCUT2D eigenvalue weighted by Crippen LogP contribution is 2.24. The smallest absolute Gasteiger partial charge is 0.128 e. The van der Waals surface area contributed by atoms with Crippen LogP contribution in [0.5, 0.6) is 0 Å². The summed E-state index contributed by atoms with van der Waals surface area (Å²) in [6, 6.07) is 3.58. The molecule has 0 radical (unpaired) electrons. The van der Waals surface area contributed by atoms with Crippen molar-refractivity contribution in [3.63, 3.8) is 0 Å². The molecule has 0 spiro atoms. The molecular formula is C15H23F2N. The van der Waals surface area contributed by atoms with Gasteiger partial charge in [-0.15, -0.1) is 0 Å². The molecule has 1 unspecified atom stereocenters. The normalized spacial score (nSPS) is 13.0. The standard InChI is InChI=1S/C15H23F2N/c1-4-18-15(7-5-6-11(2)3)13-10-12(16)8-9-14(13)17/h8-11,15,18H,4-7H2,1-3H3. The molecule has 18 heavy (non-hydrogen) atoms. The van der Waals surface area contributed by atoms with Gasteiger partial charge in [0.05, 0.1) is 0 Å². The quantitative estimate of drug-likeness (QED) is 0.759. The zero-order chi connectivity index (χ0) is 13.5. The van der Waals surface area contributed by atoms with Crippen LogP contribution in [0.4, 0.5) is 8.78 Å². The third-order valence-electron chi connectivity index (χ3n) is 3.06. The van der Waals surface area contributed by atoms with E-state index in [-0.39, 0.29) is 17.7 Å². The lowest BCUT2D eigenvalue weighted by Crippen LogP contribution is -2.22. The Morgan fingerprint density at radius 2 is 1.89 bits per heavy atom. The van der Waals surface area contributed by atoms with Crippen molar-refractivity contribution < 1.29 is 8.78 Å². The molecule has 1 aromatic carbocycles. The van der Waals surface area contributed by atoms with E-state index in [1.54, 1.807) is 0 Å². The van der Waals surface area contributed by atoms with Crippen molar-refractivity contribution >= 4 is 0 Å². The van der Waals surface area contributed by atoms with Gasteiger partial charge in [0.1, 0.15) is 11.6 Å². The van der Waals surface area contributed by atoms with Gasteiger partial charge in [0.2, 0.25) is 0 Å². The summed E-state index contributed by atoms with van der Waals surface area (Å²) in [5.41, 5.74) is 0.445. The number of hydrogen-bond donors (Lipinski definition) is 1. The number of halogens is 2. The molecule has 0 amide bonds. The van der Waals surface area contributed by atoms with Crippen LogP contribution in [0.1, 0.15) is 51.6 Å². The van der Waals surface area contributed by atoms with Crippen molar-refractivity contribution in [2.24, 2.45) is 5.92 Å². The number of nitrogens with one attached hydrogen (secondary N) is 1. The van der Waals surface area contributed by atoms with E-state index in [2.05, 4.69) is 19.2 Å². The van der Waals surface area contributed by atoms with Crippen LogP contribution in [0.25, 0.3) is 0 Å². The summed E-state index contributed by atoms with van der Waals surface area (Å²) in [4.78, 5) is 0. The Kier molecular flexibility index (Phi) is 6.27. The molecule has 1 N–H and O–H groups in total. The van der Waals surface area contributed by atoms with Gasteiger partial charge < -0.3 is 5.32 Å². The highest BCUT2D eigenvalue weighted by atomic mass is 19.1. The van der Waals surface area contributed by atoms with E-state index in [9.17, 15) is 8.78 Å². The second-order valence-electron chi connectivity index (χ2n) is 5.10. The molecular weight excluding hydrogens is 232 g/mol. The molecule has 0 bridgehead atoms. The van der Waals surface area contributed by atoms with Crippen molar-refractivity contribution in [3.05, 3.63) is 35.4 Å². The van der Waals surface area contributed by atoms with Gasteiger partial charge in [0, 0.05) is 11.6 Å². The van der Waals surface area contributed by atoms with Crippen LogP contribution in [-0.4, -0.2) is 6.54 Å². The van der Waals surface area contributed by atoms with Gasteiger partial charge in [0.25, 0.3) is 0 Å². The predicted molar refractivity (Wildman–Crippen MR) is 71.5 cm³/mol. The maximum absolute atomic E-state index is 13.7. The first-order valence-electron chi connectivity index (χ1n) is 6.73. The minimum absolute atomic E-state index is 0.0931. The maximum Gasteiger partial charge on any atom is 0.128 e. The van der Waals surface area contributed by atoms with Crippen LogP contribution >= 0.6 is 0 Å². The second kappa shape index (κ2) is 7.47. The van der Waals surface area contributed by atoms with Gasteiger partial charge in [0.15, 0.2) is 0 Å². The number of hydrogen-bond acceptors (Lipinski definition) is 1. The van der Waals surface area contributed by atoms with Crippen LogP contribution in [-0.2, 0) is 0 Å². The van der Waals surface area contributed by atoms with Crippen molar-refractivity contribution in [2.45, 2.75) is 46.1 Å². The minimum atomic E-state index is -0.377. The molecule has 1 rings (SSSR count). The lowest BCUT2D eigenvalue weighted by molar-refractivity contribution is 0.438. The number of rotatable bonds is 7. The Hall–Kier alpha value is -0.960. The van der Waals surface area contributed by atoms with Crippen molar-refractivity contribution in [3.8, 4) is 0 Å². The van der Waals surface area contributed by atoms with Crippen LogP contribution in [0.2, 0.25) is 0 Å². The average molecular weight is 255 g/mol. The summed E-state index contributed by atoms with van der Waals surface area (Å²) >= 11 is 0. The van der Waals surface area contributed by atoms with Crippen molar-refractivity contribution in [1.29, 1.82) is 0 Å². The second-order valence-corrected chi connectivity index (χ2v) is 5.10. The topological polar surface area (TPSA) is 12.0 Å². The zero-order valence-corrected chi connectivity index (χ0v) is 11.5. The Morgan fingerprint density at radius 1 is 1.17 bits per heavy atom. The summed E-state index contributed by atoms with van der Waals surface area (Å²) in [6.45, 7) is 7.07. The highest BCUT2D eigenvalue weighted by Gasteiger charge is 2.15. The van der Waals surface area contributed by atoms with Gasteiger partial charge in [-0.25, -0.2) is 8.78 Å². The van der Waals surface area contributed by atoms with Gasteiger partial charge in [-0.3, -0.25) is 0 Å². The van der Waals surface area contributed by atoms with E-state index in [4.69, 9.17) is 0 Å². The van der Waals surface area contributed by atoms with Crippen LogP contribution in [0, 0.1) is 17.6 Å². The molecule has 0 saturated heterocycles. The molecule has 1 nitrogen and oxygen atoms in total. The summed E-state index contributed by atoms with van der Waals surface area (Å²) in [5, 5.41) is 3.23. The lowest BCUT2D eigenvalue weighted by atomic mass is 9.97. The van der Waals surface area contributed by atoms with E-state index in [1.165, 1.54) is 12.1 Å². The van der Waals surface area contributed by atoms with Gasteiger partial charge in [-0.2, -0.15) is 0 Å². The largest absolute Gasteiger partial charge is 0.310 e. The van der Waals surface area contributed by atoms with E-state index >= 15 is 0 Å². The Morgan fingerprint density at radius 3 is 2.50 bits per heavy atom. The van der Waals surface area contributed by atoms with Crippen molar-refractivity contribution in [1.82, 2.24) is 5.32 Å². The molecule has 0 heterocycles. The van der Waals surface area contributed by atoms with Gasteiger partial charge in [-0.05, 0) is 37.1 Å². The molecule has 0 aromatic heterocycles. The van der Waals surface area contributed by atoms with E-state index in [1.807, 2.05) is 6.92 Å². The molecule has 0 saturated carbocycles. The third kappa shape index (κ3) is 4.73. The Balaban J connectivity index is 2.73. The van der Waals surface area contributed by atoms with E-state index < -0.39 is 0 Å². The first-order chi connectivity index (χ1) is 8.54. The summed E-state index contributed by atoms with van der Waals surface area (Å²) in [7, 11) is 0. The fourth-order valence-corrected chi connectivity index (χ4v) is 2.13. The molecule has 102 valence electrons. The fraction of sp³-hybridized carbons (Fsp3) is 0.600. The molecule has 0 aliphatic heterocycles. The Bertz CT molecular complexity index is 364. The van der Waals surface area contributed by atoms with E-state index in [0.717, 1.165) is 31.9 Å². The fourth-order valence-electron chi connectivity index (χ4n) is 2.13. The Labute approximate surface area is 109 Å². The van der Waals surface area contributed by atoms with E-state index in [0.29, 0.717) is 11.5 Å². The molecule has 0 aliphatic carbocycles. The molecule has 1 aromatic rings. The highest BCUT2D eigenvalue weighted by molar-refractivity contribution is 5.22. The summed E-state index contributed by atoms with van der Waals surface area (Å²) in [5.74, 6) is -0.0605. The first kappa shape index (κ1) is 15.1. The predicted octanol–water partition coefficient (Wildman–Crippen LogP) is 4.44. The SMILES string of the molecule is CCNC(CCCC(C)C)c1cc(F)ccc1F. The third-order valence-corrected chi connectivity index (χ3v) is 3.06. The van der Waals surface area contributed by atoms with Gasteiger partial charge >= 0.3 is 0 Å². The summed E-state index contributed by atoms with van der Waals surface area (Å²) < 4.78 is 26.9. The minimum Gasteiger partial charge on any atom is -0.310 e. The molecule has 0 aliphatic rings. The zero-order valence-electron chi connectivity index (χ0n) is 11.5. The van der Waals surface area contributed by atoms with Gasteiger partial charge in [-0.1, -0.05) is 33.6 Å². The monoisotopic (exact) mass is 255 g/mol. The first-order valence-corrected chi connectivity index (χ1v) is 6.73. The lowest BCUT2D eigenvalue weighted by Gasteiger charge is -2.19. The number of benzene rings is 1. The van der Waals surface area contributed by atoms with Crippen LogP contribution < -0.4 is 5.32 Å². The average Bonchev–Trinajstić information content (AvgIpc) is 2.31.